The Bertz CT molecular complexity index is 408. The molecule has 1 aliphatic rings. The Morgan fingerprint density at radius 1 is 1.44 bits per heavy atom. The van der Waals surface area contributed by atoms with E-state index in [0.717, 1.165) is 37.4 Å². The molecule has 1 aromatic rings. The molecule has 1 atom stereocenters. The first-order valence-electron chi connectivity index (χ1n) is 6.45. The van der Waals surface area contributed by atoms with Gasteiger partial charge in [-0.05, 0) is 12.8 Å². The van der Waals surface area contributed by atoms with Crippen LogP contribution in [0.3, 0.4) is 0 Å². The van der Waals surface area contributed by atoms with Gasteiger partial charge in [0.1, 0.15) is 11.6 Å². The van der Waals surface area contributed by atoms with Crippen LogP contribution in [-0.2, 0) is 16.6 Å². The number of nitrogens with one attached hydrogen (secondary N) is 1. The zero-order valence-corrected chi connectivity index (χ0v) is 11.4. The number of anilines is 1. The summed E-state index contributed by atoms with van der Waals surface area (Å²) in [6.07, 6.45) is 3.24. The van der Waals surface area contributed by atoms with Crippen molar-refractivity contribution in [3.8, 4) is 0 Å². The largest absolute Gasteiger partial charge is 0.378 e. The maximum Gasteiger partial charge on any atom is 0.143 e. The SMILES string of the molecule is CC(C)(C)c1cc(NN)nc(CC2CCCO2)n1. The first-order chi connectivity index (χ1) is 8.49. The third-order valence-corrected chi connectivity index (χ3v) is 3.12. The van der Waals surface area contributed by atoms with Crippen molar-refractivity contribution in [2.75, 3.05) is 12.0 Å². The zero-order chi connectivity index (χ0) is 13.2. The fourth-order valence-electron chi connectivity index (χ4n) is 2.06. The summed E-state index contributed by atoms with van der Waals surface area (Å²) in [5.74, 6) is 6.94. The molecule has 0 bridgehead atoms. The highest BCUT2D eigenvalue weighted by Gasteiger charge is 2.21. The average Bonchev–Trinajstić information content (AvgIpc) is 2.80. The summed E-state index contributed by atoms with van der Waals surface area (Å²) < 4.78 is 5.62. The molecule has 100 valence electrons. The van der Waals surface area contributed by atoms with Crippen LogP contribution >= 0.6 is 0 Å². The van der Waals surface area contributed by atoms with E-state index in [1.165, 1.54) is 0 Å². The molecule has 1 aliphatic heterocycles. The molecule has 5 nitrogen and oxygen atoms in total. The number of hydrogen-bond donors (Lipinski definition) is 2. The van der Waals surface area contributed by atoms with Gasteiger partial charge in [0.2, 0.25) is 0 Å². The first kappa shape index (κ1) is 13.2. The molecule has 5 heteroatoms. The van der Waals surface area contributed by atoms with Gasteiger partial charge in [0, 0.05) is 24.5 Å². The van der Waals surface area contributed by atoms with E-state index in [9.17, 15) is 0 Å². The van der Waals surface area contributed by atoms with Crippen molar-refractivity contribution in [3.63, 3.8) is 0 Å². The Labute approximate surface area is 108 Å². The molecule has 0 aromatic carbocycles. The maximum absolute atomic E-state index is 5.62. The van der Waals surface area contributed by atoms with Crippen LogP contribution in [0.15, 0.2) is 6.07 Å². The van der Waals surface area contributed by atoms with Gasteiger partial charge in [0.25, 0.3) is 0 Å². The van der Waals surface area contributed by atoms with E-state index in [2.05, 4.69) is 36.2 Å². The van der Waals surface area contributed by atoms with E-state index in [-0.39, 0.29) is 11.5 Å². The van der Waals surface area contributed by atoms with Crippen LogP contribution in [0.2, 0.25) is 0 Å². The number of rotatable bonds is 3. The molecule has 1 unspecified atom stereocenters. The number of aromatic nitrogens is 2. The van der Waals surface area contributed by atoms with Crippen molar-refractivity contribution < 1.29 is 4.74 Å². The Morgan fingerprint density at radius 3 is 2.78 bits per heavy atom. The van der Waals surface area contributed by atoms with Gasteiger partial charge in [0.15, 0.2) is 0 Å². The highest BCUT2D eigenvalue weighted by atomic mass is 16.5. The summed E-state index contributed by atoms with van der Waals surface area (Å²) >= 11 is 0. The predicted molar refractivity (Wildman–Crippen MR) is 71.2 cm³/mol. The number of nitrogen functional groups attached to an aromatic ring is 1. The number of nitrogens with two attached hydrogens (primary N) is 1. The summed E-state index contributed by atoms with van der Waals surface area (Å²) in [6, 6.07) is 1.90. The molecular weight excluding hydrogens is 228 g/mol. The third-order valence-electron chi connectivity index (χ3n) is 3.12. The lowest BCUT2D eigenvalue weighted by molar-refractivity contribution is 0.110. The van der Waals surface area contributed by atoms with Crippen LogP contribution in [0.1, 0.15) is 45.1 Å². The second-order valence-electron chi connectivity index (χ2n) is 5.79. The minimum atomic E-state index is -0.0141. The number of hydrogen-bond acceptors (Lipinski definition) is 5. The Morgan fingerprint density at radius 2 is 2.22 bits per heavy atom. The van der Waals surface area contributed by atoms with Crippen molar-refractivity contribution in [2.24, 2.45) is 5.84 Å². The highest BCUT2D eigenvalue weighted by molar-refractivity contribution is 5.36. The minimum absolute atomic E-state index is 0.0141. The molecular formula is C13H22N4O. The lowest BCUT2D eigenvalue weighted by Crippen LogP contribution is -2.20. The number of ether oxygens (including phenoxy) is 1. The quantitative estimate of drug-likeness (QED) is 0.632. The molecule has 0 saturated carbocycles. The molecule has 3 N–H and O–H groups in total. The molecule has 0 spiro atoms. The molecule has 1 aromatic heterocycles. The van der Waals surface area contributed by atoms with Crippen LogP contribution in [0.5, 0.6) is 0 Å². The first-order valence-corrected chi connectivity index (χ1v) is 6.45. The topological polar surface area (TPSA) is 73.1 Å². The minimum Gasteiger partial charge on any atom is -0.378 e. The van der Waals surface area contributed by atoms with Crippen molar-refractivity contribution >= 4 is 5.82 Å². The zero-order valence-electron chi connectivity index (χ0n) is 11.4. The third kappa shape index (κ3) is 3.17. The van der Waals surface area contributed by atoms with E-state index < -0.39 is 0 Å². The molecule has 0 aliphatic carbocycles. The summed E-state index contributed by atoms with van der Waals surface area (Å²) in [4.78, 5) is 9.03. The second kappa shape index (κ2) is 5.20. The molecule has 0 amide bonds. The molecule has 1 fully saturated rings. The van der Waals surface area contributed by atoms with Gasteiger partial charge in [-0.1, -0.05) is 20.8 Å². The molecule has 0 radical (unpaired) electrons. The molecule has 1 saturated heterocycles. The van der Waals surface area contributed by atoms with E-state index in [4.69, 9.17) is 10.6 Å². The standard InChI is InChI=1S/C13H22N4O/c1-13(2,3)10-8-12(17-14)16-11(15-10)7-9-5-4-6-18-9/h8-9H,4-7,14H2,1-3H3,(H,15,16,17). The van der Waals surface area contributed by atoms with Gasteiger partial charge in [-0.25, -0.2) is 15.8 Å². The maximum atomic E-state index is 5.62. The average molecular weight is 250 g/mol. The van der Waals surface area contributed by atoms with Crippen LogP contribution < -0.4 is 11.3 Å². The van der Waals surface area contributed by atoms with E-state index >= 15 is 0 Å². The lowest BCUT2D eigenvalue weighted by atomic mass is 9.92. The second-order valence-corrected chi connectivity index (χ2v) is 5.79. The Kier molecular flexibility index (Phi) is 3.82. The van der Waals surface area contributed by atoms with Crippen molar-refractivity contribution in [3.05, 3.63) is 17.6 Å². The number of hydrazine groups is 1. The summed E-state index contributed by atoms with van der Waals surface area (Å²) in [5.41, 5.74) is 3.60. The van der Waals surface area contributed by atoms with Gasteiger partial charge in [-0.15, -0.1) is 0 Å². The van der Waals surface area contributed by atoms with Crippen LogP contribution in [0, 0.1) is 0 Å². The van der Waals surface area contributed by atoms with Gasteiger partial charge in [-0.2, -0.15) is 0 Å². The van der Waals surface area contributed by atoms with Gasteiger partial charge in [-0.3, -0.25) is 0 Å². The molecule has 2 heterocycles. The number of nitrogens with zero attached hydrogens (tertiary/aromatic N) is 2. The smallest absolute Gasteiger partial charge is 0.143 e. The van der Waals surface area contributed by atoms with E-state index in [1.807, 2.05) is 6.07 Å². The van der Waals surface area contributed by atoms with Crippen LogP contribution in [0.25, 0.3) is 0 Å². The summed E-state index contributed by atoms with van der Waals surface area (Å²) in [6.45, 7) is 7.24. The fourth-order valence-corrected chi connectivity index (χ4v) is 2.06. The van der Waals surface area contributed by atoms with Gasteiger partial charge >= 0.3 is 0 Å². The fraction of sp³-hybridized carbons (Fsp3) is 0.692. The molecule has 2 rings (SSSR count). The van der Waals surface area contributed by atoms with Gasteiger partial charge < -0.3 is 10.2 Å². The van der Waals surface area contributed by atoms with Crippen molar-refractivity contribution in [2.45, 2.75) is 51.6 Å². The lowest BCUT2D eigenvalue weighted by Gasteiger charge is -2.20. The highest BCUT2D eigenvalue weighted by Crippen LogP contribution is 2.23. The summed E-state index contributed by atoms with van der Waals surface area (Å²) in [7, 11) is 0. The Balaban J connectivity index is 2.23. The van der Waals surface area contributed by atoms with E-state index in [1.54, 1.807) is 0 Å². The monoisotopic (exact) mass is 250 g/mol. The Hall–Kier alpha value is -1.20. The van der Waals surface area contributed by atoms with E-state index in [0.29, 0.717) is 5.82 Å². The predicted octanol–water partition coefficient (Wildman–Crippen LogP) is 1.78. The van der Waals surface area contributed by atoms with Crippen molar-refractivity contribution in [1.29, 1.82) is 0 Å². The van der Waals surface area contributed by atoms with Crippen molar-refractivity contribution in [1.82, 2.24) is 9.97 Å². The summed E-state index contributed by atoms with van der Waals surface area (Å²) in [5, 5.41) is 0. The normalized spacial score (nSPS) is 20.1. The van der Waals surface area contributed by atoms with Crippen LogP contribution in [-0.4, -0.2) is 22.7 Å². The van der Waals surface area contributed by atoms with Gasteiger partial charge in [0.05, 0.1) is 11.8 Å². The molecule has 18 heavy (non-hydrogen) atoms. The van der Waals surface area contributed by atoms with Crippen LogP contribution in [0.4, 0.5) is 5.82 Å².